The van der Waals surface area contributed by atoms with Crippen LogP contribution < -0.4 is 46.0 Å². The summed E-state index contributed by atoms with van der Waals surface area (Å²) in [5.41, 5.74) is -8.92. The van der Waals surface area contributed by atoms with E-state index in [1.807, 2.05) is 0 Å². The molecule has 6 radical (unpaired) electrons. The minimum Gasteiger partial charge on any atom is -0.550 e. The van der Waals surface area contributed by atoms with Gasteiger partial charge in [0.2, 0.25) is 0 Å². The van der Waals surface area contributed by atoms with Crippen LogP contribution in [0, 0.1) is 0 Å². The second-order valence-corrected chi connectivity index (χ2v) is 7.25. The number of aliphatic carboxylic acids is 9. The van der Waals surface area contributed by atoms with Crippen LogP contribution >= 0.6 is 0 Å². The van der Waals surface area contributed by atoms with Crippen LogP contribution in [0.3, 0.4) is 0 Å². The average molecular weight is 1190 g/mol. The van der Waals surface area contributed by atoms with Gasteiger partial charge in [-0.25, -0.2) is 0 Å². The molecule has 24 heteroatoms. The molecule has 0 heterocycles. The zero-order valence-corrected chi connectivity index (χ0v) is 30.7. The van der Waals surface area contributed by atoms with Gasteiger partial charge in [0, 0.05) is 74.3 Å². The number of carboxylic acid groups (broad SMARTS) is 9. The average Bonchev–Trinajstić information content (AvgIpc) is 2.64. The number of hydrogen-bond acceptors (Lipinski definition) is 21. The monoisotopic (exact) mass is 1190 g/mol. The zero-order chi connectivity index (χ0) is 31.9. The fourth-order valence-corrected chi connectivity index (χ4v) is 2.05. The first-order chi connectivity index (χ1) is 17.3. The van der Waals surface area contributed by atoms with Crippen molar-refractivity contribution in [2.75, 3.05) is 0 Å². The summed E-state index contributed by atoms with van der Waals surface area (Å²) in [7, 11) is 0. The summed E-state index contributed by atoms with van der Waals surface area (Å²) >= 11 is 0. The molecule has 0 aliphatic heterocycles. The standard InChI is InChI=1S/3C6H8O7.3Bi/c3*7-3(8)1-6(13,5(11)12)2-4(9)10;;;/h3*13H,1-2H2,(H,7,8)(H,9,10)(H,11,12);;;/q;;;3*+3/p-9. The van der Waals surface area contributed by atoms with E-state index >= 15 is 0 Å². The molecule has 0 saturated heterocycles. The smallest absolute Gasteiger partial charge is 0.550 e. The van der Waals surface area contributed by atoms with E-state index < -0.39 is 109 Å². The van der Waals surface area contributed by atoms with Gasteiger partial charge < -0.3 is 104 Å². The number of carbonyl (C=O) groups is 9. The molecule has 0 spiro atoms. The van der Waals surface area contributed by atoms with E-state index in [9.17, 15) is 89.1 Å². The minimum absolute atomic E-state index is 0. The van der Waals surface area contributed by atoms with E-state index in [0.29, 0.717) is 0 Å². The van der Waals surface area contributed by atoms with E-state index in [2.05, 4.69) is 0 Å². The molecular formula is C18H15Bi3O21. The molecule has 0 rings (SSSR count). The summed E-state index contributed by atoms with van der Waals surface area (Å²) in [6.45, 7) is 0. The fraction of sp³-hybridized carbons (Fsp3) is 0.500. The molecule has 0 aromatic carbocycles. The Morgan fingerprint density at radius 3 is 0.476 bits per heavy atom. The van der Waals surface area contributed by atoms with E-state index in [0.717, 1.165) is 0 Å². The maximum atomic E-state index is 10.1. The van der Waals surface area contributed by atoms with Gasteiger partial charge in [-0.1, -0.05) is 0 Å². The Morgan fingerprint density at radius 1 is 0.333 bits per heavy atom. The number of rotatable bonds is 15. The van der Waals surface area contributed by atoms with Crippen LogP contribution in [0.25, 0.3) is 0 Å². The number of aliphatic hydroxyl groups is 3. The number of hydrogen-bond donors (Lipinski definition) is 3. The van der Waals surface area contributed by atoms with Gasteiger partial charge in [-0.3, -0.25) is 0 Å². The minimum atomic E-state index is -2.97. The summed E-state index contributed by atoms with van der Waals surface area (Å²) in [5.74, 6) is -18.0. The van der Waals surface area contributed by atoms with Crippen LogP contribution in [-0.4, -0.2) is 164 Å². The summed E-state index contributed by atoms with van der Waals surface area (Å²) in [6, 6.07) is 0. The van der Waals surface area contributed by atoms with E-state index in [1.54, 1.807) is 0 Å². The third kappa shape index (κ3) is 24.4. The molecule has 228 valence electrons. The molecule has 0 aliphatic rings. The molecular weight excluding hydrogens is 1180 g/mol. The Bertz CT molecular complexity index is 821. The van der Waals surface area contributed by atoms with Crippen molar-refractivity contribution in [3.8, 4) is 0 Å². The second kappa shape index (κ2) is 23.2. The van der Waals surface area contributed by atoms with E-state index in [-0.39, 0.29) is 78.6 Å². The molecule has 3 N–H and O–H groups in total. The largest absolute Gasteiger partial charge is 3.00 e. The van der Waals surface area contributed by atoms with Crippen LogP contribution in [0.1, 0.15) is 38.5 Å². The van der Waals surface area contributed by atoms with Gasteiger partial charge >= 0.3 is 78.6 Å². The van der Waals surface area contributed by atoms with Crippen molar-refractivity contribution in [3.05, 3.63) is 0 Å². The first-order valence-electron chi connectivity index (χ1n) is 9.34. The third-order valence-electron chi connectivity index (χ3n) is 3.76. The van der Waals surface area contributed by atoms with Gasteiger partial charge in [-0.15, -0.1) is 0 Å². The predicted octanol–water partition coefficient (Wildman–Crippen LogP) is -16.9. The van der Waals surface area contributed by atoms with Gasteiger partial charge in [-0.2, -0.15) is 0 Å². The van der Waals surface area contributed by atoms with E-state index in [1.165, 1.54) is 0 Å². The summed E-state index contributed by atoms with van der Waals surface area (Å²) < 4.78 is 0. The Morgan fingerprint density at radius 2 is 0.429 bits per heavy atom. The van der Waals surface area contributed by atoms with Crippen molar-refractivity contribution in [2.24, 2.45) is 0 Å². The number of carboxylic acids is 9. The Balaban J connectivity index is -0.000000112. The first-order valence-corrected chi connectivity index (χ1v) is 9.34. The molecule has 0 aromatic heterocycles. The molecule has 0 saturated carbocycles. The molecule has 0 unspecified atom stereocenters. The van der Waals surface area contributed by atoms with Crippen molar-refractivity contribution in [3.63, 3.8) is 0 Å². The molecule has 42 heavy (non-hydrogen) atoms. The zero-order valence-electron chi connectivity index (χ0n) is 20.3. The third-order valence-corrected chi connectivity index (χ3v) is 3.76. The molecule has 0 aliphatic carbocycles. The van der Waals surface area contributed by atoms with Gasteiger partial charge in [0.05, 0.1) is 17.9 Å². The Kier molecular flexibility index (Phi) is 29.0. The predicted molar refractivity (Wildman–Crippen MR) is 105 cm³/mol. The molecule has 21 nitrogen and oxygen atoms in total. The van der Waals surface area contributed by atoms with Crippen LogP contribution in [0.15, 0.2) is 0 Å². The van der Waals surface area contributed by atoms with Crippen molar-refractivity contribution in [1.29, 1.82) is 0 Å². The van der Waals surface area contributed by atoms with Gasteiger partial charge in [0.15, 0.2) is 0 Å². The maximum Gasteiger partial charge on any atom is 3.00 e. The molecule has 0 fully saturated rings. The normalized spacial score (nSPS) is 10.1. The first kappa shape index (κ1) is 52.4. The van der Waals surface area contributed by atoms with Gasteiger partial charge in [0.25, 0.3) is 0 Å². The topological polar surface area (TPSA) is 422 Å². The van der Waals surface area contributed by atoms with Gasteiger partial charge in [-0.05, 0) is 0 Å². The summed E-state index contributed by atoms with van der Waals surface area (Å²) in [6.07, 6.45) is -8.15. The fourth-order valence-electron chi connectivity index (χ4n) is 2.05. The van der Waals surface area contributed by atoms with Crippen LogP contribution in [0.2, 0.25) is 0 Å². The van der Waals surface area contributed by atoms with Gasteiger partial charge in [0.1, 0.15) is 16.8 Å². The van der Waals surface area contributed by atoms with E-state index in [4.69, 9.17) is 15.3 Å². The molecule has 0 bridgehead atoms. The quantitative estimate of drug-likeness (QED) is 0.128. The van der Waals surface area contributed by atoms with Crippen molar-refractivity contribution in [2.45, 2.75) is 55.3 Å². The Labute approximate surface area is 290 Å². The SMILES string of the molecule is O=C([O-])CC(O)(CC(=O)[O-])C(=O)[O-].O=C([O-])CC(O)(CC(=O)[O-])C(=O)[O-].O=C([O-])CC(O)(CC(=O)[O-])C(=O)[O-].[Bi+3].[Bi+3].[Bi+3]. The molecule has 0 aromatic rings. The summed E-state index contributed by atoms with van der Waals surface area (Å²) in [5, 5.41) is 117. The summed E-state index contributed by atoms with van der Waals surface area (Å²) in [4.78, 5) is 90.0. The second-order valence-electron chi connectivity index (χ2n) is 7.25. The Hall–Kier alpha value is -2.24. The molecule has 0 atom stereocenters. The van der Waals surface area contributed by atoms with Crippen LogP contribution in [-0.2, 0) is 43.2 Å². The van der Waals surface area contributed by atoms with Crippen LogP contribution in [0.4, 0.5) is 0 Å². The maximum absolute atomic E-state index is 10.1. The van der Waals surface area contributed by atoms with Crippen molar-refractivity contribution < 1.29 is 104 Å². The number of carbonyl (C=O) groups excluding carboxylic acids is 9. The van der Waals surface area contributed by atoms with Crippen LogP contribution in [0.5, 0.6) is 0 Å². The van der Waals surface area contributed by atoms with Crippen molar-refractivity contribution >= 4 is 132 Å². The molecule has 0 amide bonds. The van der Waals surface area contributed by atoms with Crippen molar-refractivity contribution in [1.82, 2.24) is 0 Å².